The average molecular weight is 325 g/mol. The van der Waals surface area contributed by atoms with Crippen LogP contribution in [0, 0.1) is 0 Å². The van der Waals surface area contributed by atoms with E-state index in [2.05, 4.69) is 17.5 Å². The quantitative estimate of drug-likeness (QED) is 0.610. The van der Waals surface area contributed by atoms with Crippen LogP contribution in [-0.4, -0.2) is 24.7 Å². The van der Waals surface area contributed by atoms with E-state index >= 15 is 0 Å². The van der Waals surface area contributed by atoms with E-state index in [9.17, 15) is 14.7 Å². The number of ether oxygens (including phenoxy) is 1. The van der Waals surface area contributed by atoms with Crippen LogP contribution in [0.4, 0.5) is 0 Å². The van der Waals surface area contributed by atoms with Gasteiger partial charge in [-0.25, -0.2) is 5.43 Å². The maximum Gasteiger partial charge on any atom is 0.277 e. The minimum atomic E-state index is -1.24. The van der Waals surface area contributed by atoms with Crippen molar-refractivity contribution >= 4 is 18.1 Å². The predicted molar refractivity (Wildman–Crippen MR) is 87.8 cm³/mol. The van der Waals surface area contributed by atoms with Crippen LogP contribution >= 0.6 is 0 Å². The fourth-order valence-electron chi connectivity index (χ4n) is 1.89. The third-order valence-corrected chi connectivity index (χ3v) is 3.25. The second-order valence-corrected chi connectivity index (χ2v) is 4.99. The van der Waals surface area contributed by atoms with Crippen LogP contribution in [0.25, 0.3) is 0 Å². The molecule has 6 heteroatoms. The standard InChI is InChI=1S/C18H18N2O4/c1-2-13-5-9-16(10-6-13)24-12-17(21)20-19-11-14-3-7-15(8-4-14)18(22)23/h3-11H,2,12H2,1H3,(H,20,21)(H,22,23)/p-1/b19-11-. The summed E-state index contributed by atoms with van der Waals surface area (Å²) < 4.78 is 5.35. The summed E-state index contributed by atoms with van der Waals surface area (Å²) in [5.74, 6) is -1.02. The van der Waals surface area contributed by atoms with E-state index in [1.54, 1.807) is 12.1 Å². The molecule has 2 aromatic carbocycles. The molecular weight excluding hydrogens is 308 g/mol. The summed E-state index contributed by atoms with van der Waals surface area (Å²) in [6, 6.07) is 13.5. The topological polar surface area (TPSA) is 90.8 Å². The molecule has 124 valence electrons. The Labute approximate surface area is 139 Å². The van der Waals surface area contributed by atoms with Crippen LogP contribution < -0.4 is 15.3 Å². The predicted octanol–water partition coefficient (Wildman–Crippen LogP) is 1.14. The molecular formula is C18H17N2O4-. The summed E-state index contributed by atoms with van der Waals surface area (Å²) in [5, 5.41) is 14.4. The number of hydrazone groups is 1. The summed E-state index contributed by atoms with van der Waals surface area (Å²) in [5.41, 5.74) is 4.27. The fraction of sp³-hybridized carbons (Fsp3) is 0.167. The number of amides is 1. The number of hydrogen-bond acceptors (Lipinski definition) is 5. The monoisotopic (exact) mass is 325 g/mol. The first-order valence-electron chi connectivity index (χ1n) is 7.43. The molecule has 0 saturated carbocycles. The highest BCUT2D eigenvalue weighted by Gasteiger charge is 2.01. The van der Waals surface area contributed by atoms with Gasteiger partial charge in [-0.15, -0.1) is 0 Å². The largest absolute Gasteiger partial charge is 0.545 e. The van der Waals surface area contributed by atoms with Gasteiger partial charge in [-0.2, -0.15) is 5.10 Å². The zero-order chi connectivity index (χ0) is 17.4. The van der Waals surface area contributed by atoms with Crippen LogP contribution in [0.15, 0.2) is 53.6 Å². The van der Waals surface area contributed by atoms with Crippen LogP contribution in [0.1, 0.15) is 28.4 Å². The molecule has 0 atom stereocenters. The molecule has 1 amide bonds. The van der Waals surface area contributed by atoms with Gasteiger partial charge in [0.1, 0.15) is 5.75 Å². The number of hydrogen-bond donors (Lipinski definition) is 1. The van der Waals surface area contributed by atoms with Crippen molar-refractivity contribution in [1.29, 1.82) is 0 Å². The highest BCUT2D eigenvalue weighted by atomic mass is 16.5. The molecule has 6 nitrogen and oxygen atoms in total. The first-order chi connectivity index (χ1) is 11.6. The van der Waals surface area contributed by atoms with Gasteiger partial charge in [0, 0.05) is 0 Å². The molecule has 24 heavy (non-hydrogen) atoms. The minimum absolute atomic E-state index is 0.0821. The van der Waals surface area contributed by atoms with Gasteiger partial charge >= 0.3 is 0 Å². The van der Waals surface area contributed by atoms with E-state index in [4.69, 9.17) is 4.74 Å². The summed E-state index contributed by atoms with van der Waals surface area (Å²) in [7, 11) is 0. The Balaban J connectivity index is 1.78. The van der Waals surface area contributed by atoms with Gasteiger partial charge in [0.15, 0.2) is 6.61 Å². The van der Waals surface area contributed by atoms with Gasteiger partial charge in [-0.05, 0) is 35.2 Å². The van der Waals surface area contributed by atoms with Crippen molar-refractivity contribution in [2.75, 3.05) is 6.61 Å². The maximum atomic E-state index is 11.6. The number of carboxylic acids is 1. The Morgan fingerprint density at radius 2 is 1.79 bits per heavy atom. The zero-order valence-corrected chi connectivity index (χ0v) is 13.2. The van der Waals surface area contributed by atoms with Gasteiger partial charge in [0.2, 0.25) is 0 Å². The Morgan fingerprint density at radius 1 is 1.12 bits per heavy atom. The highest BCUT2D eigenvalue weighted by molar-refractivity contribution is 5.88. The molecule has 0 aromatic heterocycles. The van der Waals surface area contributed by atoms with E-state index in [1.807, 2.05) is 24.3 Å². The zero-order valence-electron chi connectivity index (χ0n) is 13.2. The van der Waals surface area contributed by atoms with E-state index in [0.717, 1.165) is 6.42 Å². The lowest BCUT2D eigenvalue weighted by Crippen LogP contribution is -2.24. The number of carbonyl (C=O) groups is 2. The van der Waals surface area contributed by atoms with Crippen LogP contribution in [-0.2, 0) is 11.2 Å². The van der Waals surface area contributed by atoms with E-state index < -0.39 is 11.9 Å². The highest BCUT2D eigenvalue weighted by Crippen LogP contribution is 2.12. The Hall–Kier alpha value is -3.15. The summed E-state index contributed by atoms with van der Waals surface area (Å²) in [6.07, 6.45) is 2.35. The Kier molecular flexibility index (Phi) is 6.08. The second kappa shape index (κ2) is 8.47. The van der Waals surface area contributed by atoms with Crippen molar-refractivity contribution in [3.05, 3.63) is 65.2 Å². The number of carboxylic acid groups (broad SMARTS) is 1. The van der Waals surface area contributed by atoms with Crippen molar-refractivity contribution in [2.24, 2.45) is 5.10 Å². The first-order valence-corrected chi connectivity index (χ1v) is 7.43. The smallest absolute Gasteiger partial charge is 0.277 e. The number of rotatable bonds is 7. The van der Waals surface area contributed by atoms with Crippen molar-refractivity contribution in [2.45, 2.75) is 13.3 Å². The first kappa shape index (κ1) is 17.2. The molecule has 0 fully saturated rings. The SMILES string of the molecule is CCc1ccc(OCC(=O)N/N=C\c2ccc(C(=O)[O-])cc2)cc1. The molecule has 0 bridgehead atoms. The number of aromatic carboxylic acids is 1. The molecule has 0 saturated heterocycles. The summed E-state index contributed by atoms with van der Waals surface area (Å²) >= 11 is 0. The van der Waals surface area contributed by atoms with Gasteiger partial charge in [0.05, 0.1) is 12.2 Å². The second-order valence-electron chi connectivity index (χ2n) is 4.99. The van der Waals surface area contributed by atoms with Crippen molar-refractivity contribution in [1.82, 2.24) is 5.43 Å². The van der Waals surface area contributed by atoms with Crippen LogP contribution in [0.2, 0.25) is 0 Å². The van der Waals surface area contributed by atoms with Crippen LogP contribution in [0.3, 0.4) is 0 Å². The van der Waals surface area contributed by atoms with Crippen molar-refractivity contribution in [3.8, 4) is 5.75 Å². The molecule has 0 aliphatic rings. The molecule has 2 rings (SSSR count). The van der Waals surface area contributed by atoms with Crippen molar-refractivity contribution < 1.29 is 19.4 Å². The maximum absolute atomic E-state index is 11.6. The molecule has 1 N–H and O–H groups in total. The van der Waals surface area contributed by atoms with Crippen molar-refractivity contribution in [3.63, 3.8) is 0 Å². The van der Waals surface area contributed by atoms with Gasteiger partial charge < -0.3 is 14.6 Å². The third-order valence-electron chi connectivity index (χ3n) is 3.25. The molecule has 0 unspecified atom stereocenters. The van der Waals surface area contributed by atoms with Gasteiger partial charge in [-0.3, -0.25) is 4.79 Å². The third kappa shape index (κ3) is 5.24. The van der Waals surface area contributed by atoms with Gasteiger partial charge in [0.25, 0.3) is 5.91 Å². The number of benzene rings is 2. The lowest BCUT2D eigenvalue weighted by molar-refractivity contribution is -0.255. The lowest BCUT2D eigenvalue weighted by atomic mass is 10.1. The molecule has 0 radical (unpaired) electrons. The lowest BCUT2D eigenvalue weighted by Gasteiger charge is -2.05. The number of nitrogens with zero attached hydrogens (tertiary/aromatic N) is 1. The normalized spacial score (nSPS) is 10.5. The number of nitrogens with one attached hydrogen (secondary N) is 1. The van der Waals surface area contributed by atoms with Gasteiger partial charge in [-0.1, -0.05) is 43.3 Å². The Bertz CT molecular complexity index is 722. The Morgan fingerprint density at radius 3 is 2.38 bits per heavy atom. The van der Waals surface area contributed by atoms with E-state index in [0.29, 0.717) is 11.3 Å². The summed E-state index contributed by atoms with van der Waals surface area (Å²) in [6.45, 7) is 1.92. The molecule has 0 heterocycles. The fourth-order valence-corrected chi connectivity index (χ4v) is 1.89. The molecule has 2 aromatic rings. The number of carbonyl (C=O) groups excluding carboxylic acids is 2. The number of aryl methyl sites for hydroxylation is 1. The average Bonchev–Trinajstić information content (AvgIpc) is 2.61. The summed E-state index contributed by atoms with van der Waals surface area (Å²) in [4.78, 5) is 22.3. The molecule has 0 aliphatic heterocycles. The molecule has 0 aliphatic carbocycles. The van der Waals surface area contributed by atoms with E-state index in [1.165, 1.54) is 23.9 Å². The molecule has 0 spiro atoms. The minimum Gasteiger partial charge on any atom is -0.545 e. The van der Waals surface area contributed by atoms with Crippen LogP contribution in [0.5, 0.6) is 5.75 Å². The van der Waals surface area contributed by atoms with E-state index in [-0.39, 0.29) is 12.2 Å².